The fourth-order valence-corrected chi connectivity index (χ4v) is 2.27. The van der Waals surface area contributed by atoms with E-state index in [1.807, 2.05) is 18.2 Å². The molecule has 1 aromatic carbocycles. The van der Waals surface area contributed by atoms with Crippen LogP contribution in [0.25, 0.3) is 0 Å². The van der Waals surface area contributed by atoms with Crippen molar-refractivity contribution in [1.29, 1.82) is 0 Å². The third-order valence-corrected chi connectivity index (χ3v) is 3.37. The minimum atomic E-state index is -0.928. The first-order valence-electron chi connectivity index (χ1n) is 7.10. The topological polar surface area (TPSA) is 78.9 Å². The number of aliphatic carboxylic acids is 1. The average Bonchev–Trinajstić information content (AvgIpc) is 2.99. The van der Waals surface area contributed by atoms with Crippen LogP contribution in [0.5, 0.6) is 0 Å². The number of ether oxygens (including phenoxy) is 1. The van der Waals surface area contributed by atoms with Gasteiger partial charge in [-0.3, -0.25) is 9.69 Å². The Bertz CT molecular complexity index is 472. The van der Waals surface area contributed by atoms with E-state index >= 15 is 0 Å². The lowest BCUT2D eigenvalue weighted by molar-refractivity contribution is -0.136. The van der Waals surface area contributed by atoms with Gasteiger partial charge in [0.15, 0.2) is 0 Å². The predicted molar refractivity (Wildman–Crippen MR) is 78.4 cm³/mol. The lowest BCUT2D eigenvalue weighted by Crippen LogP contribution is -2.43. The van der Waals surface area contributed by atoms with Crippen molar-refractivity contribution in [2.24, 2.45) is 0 Å². The molecule has 0 spiro atoms. The first-order chi connectivity index (χ1) is 10.2. The van der Waals surface area contributed by atoms with E-state index in [2.05, 4.69) is 5.32 Å². The highest BCUT2D eigenvalue weighted by atomic mass is 16.5. The fourth-order valence-electron chi connectivity index (χ4n) is 2.27. The van der Waals surface area contributed by atoms with Crippen LogP contribution in [-0.4, -0.2) is 42.9 Å². The van der Waals surface area contributed by atoms with Crippen molar-refractivity contribution in [3.05, 3.63) is 30.3 Å². The number of carbonyl (C=O) groups is 2. The molecule has 0 aliphatic carbocycles. The minimum absolute atomic E-state index is 0.0612. The molecule has 21 heavy (non-hydrogen) atoms. The normalized spacial score (nSPS) is 17.4. The van der Waals surface area contributed by atoms with E-state index in [4.69, 9.17) is 9.84 Å². The smallest absolute Gasteiger partial charge is 0.321 e. The van der Waals surface area contributed by atoms with E-state index in [0.717, 1.165) is 19.4 Å². The van der Waals surface area contributed by atoms with Gasteiger partial charge in [0.05, 0.1) is 12.5 Å². The highest BCUT2D eigenvalue weighted by Gasteiger charge is 2.20. The third-order valence-electron chi connectivity index (χ3n) is 3.37. The van der Waals surface area contributed by atoms with Gasteiger partial charge in [0.2, 0.25) is 0 Å². The van der Waals surface area contributed by atoms with Gasteiger partial charge in [-0.25, -0.2) is 4.79 Å². The molecule has 0 bridgehead atoms. The molecule has 1 aromatic rings. The lowest BCUT2D eigenvalue weighted by Gasteiger charge is -2.23. The molecule has 1 atom stereocenters. The number of rotatable bonds is 6. The monoisotopic (exact) mass is 292 g/mol. The second-order valence-corrected chi connectivity index (χ2v) is 4.95. The lowest BCUT2D eigenvalue weighted by atomic mass is 10.2. The maximum absolute atomic E-state index is 12.3. The van der Waals surface area contributed by atoms with Gasteiger partial charge >= 0.3 is 12.0 Å². The van der Waals surface area contributed by atoms with E-state index in [9.17, 15) is 9.59 Å². The maximum atomic E-state index is 12.3. The SMILES string of the molecule is O=C(O)CCN(C(=O)NCC1CCCO1)c1ccccc1. The van der Waals surface area contributed by atoms with Gasteiger partial charge < -0.3 is 15.2 Å². The minimum Gasteiger partial charge on any atom is -0.481 e. The number of carboxylic acids is 1. The van der Waals surface area contributed by atoms with E-state index in [-0.39, 0.29) is 25.1 Å². The van der Waals surface area contributed by atoms with Crippen LogP contribution in [0.3, 0.4) is 0 Å². The molecule has 1 aliphatic rings. The van der Waals surface area contributed by atoms with Crippen molar-refractivity contribution in [3.8, 4) is 0 Å². The highest BCUT2D eigenvalue weighted by Crippen LogP contribution is 2.15. The molecule has 114 valence electrons. The molecule has 0 saturated carbocycles. The number of nitrogens with one attached hydrogen (secondary N) is 1. The zero-order chi connectivity index (χ0) is 15.1. The van der Waals surface area contributed by atoms with Crippen LogP contribution in [0.1, 0.15) is 19.3 Å². The van der Waals surface area contributed by atoms with Crippen LogP contribution in [0.15, 0.2) is 30.3 Å². The number of carbonyl (C=O) groups excluding carboxylic acids is 1. The molecule has 2 rings (SSSR count). The predicted octanol–water partition coefficient (Wildman–Crippen LogP) is 1.86. The van der Waals surface area contributed by atoms with Crippen LogP contribution in [0, 0.1) is 0 Å². The summed E-state index contributed by atoms with van der Waals surface area (Å²) in [6, 6.07) is 8.76. The number of benzene rings is 1. The number of hydrogen-bond donors (Lipinski definition) is 2. The average molecular weight is 292 g/mol. The Kier molecular flexibility index (Phi) is 5.57. The fraction of sp³-hybridized carbons (Fsp3) is 0.467. The number of urea groups is 1. The number of nitrogens with zero attached hydrogens (tertiary/aromatic N) is 1. The summed E-state index contributed by atoms with van der Waals surface area (Å²) >= 11 is 0. The Balaban J connectivity index is 1.96. The molecular weight excluding hydrogens is 272 g/mol. The van der Waals surface area contributed by atoms with Crippen LogP contribution >= 0.6 is 0 Å². The van der Waals surface area contributed by atoms with E-state index in [1.165, 1.54) is 4.90 Å². The second kappa shape index (κ2) is 7.64. The largest absolute Gasteiger partial charge is 0.481 e. The summed E-state index contributed by atoms with van der Waals surface area (Å²) in [6.07, 6.45) is 1.93. The van der Waals surface area contributed by atoms with Crippen LogP contribution < -0.4 is 10.2 Å². The van der Waals surface area contributed by atoms with Crippen molar-refractivity contribution in [3.63, 3.8) is 0 Å². The molecule has 1 heterocycles. The van der Waals surface area contributed by atoms with Crippen LogP contribution in [0.4, 0.5) is 10.5 Å². The van der Waals surface area contributed by atoms with Crippen molar-refractivity contribution >= 4 is 17.7 Å². The molecule has 0 radical (unpaired) electrons. The second-order valence-electron chi connectivity index (χ2n) is 4.95. The summed E-state index contributed by atoms with van der Waals surface area (Å²) in [6.45, 7) is 1.33. The molecular formula is C15H20N2O4. The Labute approximate surface area is 123 Å². The molecule has 1 fully saturated rings. The third kappa shape index (κ3) is 4.75. The van der Waals surface area contributed by atoms with E-state index in [1.54, 1.807) is 12.1 Å². The molecule has 6 heteroatoms. The first kappa shape index (κ1) is 15.3. The Morgan fingerprint density at radius 2 is 2.10 bits per heavy atom. The summed E-state index contributed by atoms with van der Waals surface area (Å²) in [7, 11) is 0. The first-order valence-corrected chi connectivity index (χ1v) is 7.10. The molecule has 2 N–H and O–H groups in total. The standard InChI is InChI=1S/C15H20N2O4/c18-14(19)8-9-17(12-5-2-1-3-6-12)15(20)16-11-13-7-4-10-21-13/h1-3,5-6,13H,4,7-11H2,(H,16,20)(H,18,19). The Hall–Kier alpha value is -2.08. The summed E-state index contributed by atoms with van der Waals surface area (Å²) in [5.74, 6) is -0.928. The van der Waals surface area contributed by atoms with Gasteiger partial charge in [0.25, 0.3) is 0 Å². The molecule has 1 aliphatic heterocycles. The molecule has 1 saturated heterocycles. The number of amides is 2. The van der Waals surface area contributed by atoms with Crippen molar-refractivity contribution < 1.29 is 19.4 Å². The van der Waals surface area contributed by atoms with Crippen molar-refractivity contribution in [2.75, 3.05) is 24.6 Å². The Morgan fingerprint density at radius 3 is 2.71 bits per heavy atom. The van der Waals surface area contributed by atoms with Crippen LogP contribution in [0.2, 0.25) is 0 Å². The number of hydrogen-bond acceptors (Lipinski definition) is 3. The van der Waals surface area contributed by atoms with Crippen LogP contribution in [-0.2, 0) is 9.53 Å². The summed E-state index contributed by atoms with van der Waals surface area (Å²) in [4.78, 5) is 24.5. The Morgan fingerprint density at radius 1 is 1.33 bits per heavy atom. The van der Waals surface area contributed by atoms with E-state index in [0.29, 0.717) is 12.2 Å². The van der Waals surface area contributed by atoms with Gasteiger partial charge in [0, 0.05) is 25.4 Å². The zero-order valence-corrected chi connectivity index (χ0v) is 11.8. The number of carboxylic acid groups (broad SMARTS) is 1. The summed E-state index contributed by atoms with van der Waals surface area (Å²) in [5, 5.41) is 11.6. The van der Waals surface area contributed by atoms with Crippen molar-refractivity contribution in [1.82, 2.24) is 5.32 Å². The number of anilines is 1. The summed E-state index contributed by atoms with van der Waals surface area (Å²) < 4.78 is 5.46. The van der Waals surface area contributed by atoms with Crippen molar-refractivity contribution in [2.45, 2.75) is 25.4 Å². The van der Waals surface area contributed by atoms with Gasteiger partial charge in [-0.2, -0.15) is 0 Å². The summed E-state index contributed by atoms with van der Waals surface area (Å²) in [5.41, 5.74) is 0.684. The molecule has 6 nitrogen and oxygen atoms in total. The number of para-hydroxylation sites is 1. The maximum Gasteiger partial charge on any atom is 0.321 e. The van der Waals surface area contributed by atoms with Gasteiger partial charge in [-0.05, 0) is 25.0 Å². The van der Waals surface area contributed by atoms with Gasteiger partial charge in [-0.1, -0.05) is 18.2 Å². The molecule has 1 unspecified atom stereocenters. The highest BCUT2D eigenvalue weighted by molar-refractivity contribution is 5.92. The molecule has 2 amide bonds. The quantitative estimate of drug-likeness (QED) is 0.838. The van der Waals surface area contributed by atoms with E-state index < -0.39 is 5.97 Å². The molecule has 0 aromatic heterocycles. The van der Waals surface area contributed by atoms with Gasteiger partial charge in [-0.15, -0.1) is 0 Å². The zero-order valence-electron chi connectivity index (χ0n) is 11.8. The van der Waals surface area contributed by atoms with Gasteiger partial charge in [0.1, 0.15) is 0 Å².